The van der Waals surface area contributed by atoms with Crippen molar-refractivity contribution >= 4 is 33.3 Å². The number of nitrogens with zero attached hydrogens (tertiary/aromatic N) is 3. The Balaban J connectivity index is 1.62. The van der Waals surface area contributed by atoms with Crippen LogP contribution in [-0.4, -0.2) is 41.0 Å². The van der Waals surface area contributed by atoms with Gasteiger partial charge in [-0.25, -0.2) is 4.98 Å². The van der Waals surface area contributed by atoms with E-state index in [0.29, 0.717) is 42.1 Å². The average molecular weight is 493 g/mol. The molecule has 1 amide bonds. The van der Waals surface area contributed by atoms with Crippen molar-refractivity contribution in [3.63, 3.8) is 0 Å². The smallest absolute Gasteiger partial charge is 0.226 e. The van der Waals surface area contributed by atoms with Gasteiger partial charge in [0.2, 0.25) is 11.0 Å². The third kappa shape index (κ3) is 4.20. The molecule has 0 unspecified atom stereocenters. The van der Waals surface area contributed by atoms with E-state index < -0.39 is 0 Å². The summed E-state index contributed by atoms with van der Waals surface area (Å²) >= 11 is 1.51. The van der Waals surface area contributed by atoms with Crippen molar-refractivity contribution in [3.05, 3.63) is 53.2 Å². The first kappa shape index (κ1) is 23.2. The Kier molecular flexibility index (Phi) is 6.34. The topological polar surface area (TPSA) is 87.5 Å². The summed E-state index contributed by atoms with van der Waals surface area (Å²) in [6.07, 6.45) is 1.17. The highest BCUT2D eigenvalue weighted by Crippen LogP contribution is 2.46. The Morgan fingerprint density at radius 2 is 2.06 bits per heavy atom. The molecule has 0 saturated carbocycles. The van der Waals surface area contributed by atoms with Crippen LogP contribution in [0.3, 0.4) is 0 Å². The molecule has 8 nitrogen and oxygen atoms in total. The summed E-state index contributed by atoms with van der Waals surface area (Å²) in [4.78, 5) is 17.7. The molecule has 9 heteroatoms. The van der Waals surface area contributed by atoms with E-state index >= 15 is 0 Å². The first-order chi connectivity index (χ1) is 17.0. The van der Waals surface area contributed by atoms with E-state index in [-0.39, 0.29) is 11.8 Å². The lowest BCUT2D eigenvalue weighted by Gasteiger charge is -2.26. The Morgan fingerprint density at radius 1 is 1.20 bits per heavy atom. The largest absolute Gasteiger partial charge is 0.494 e. The van der Waals surface area contributed by atoms with Crippen molar-refractivity contribution in [1.82, 2.24) is 14.8 Å². The summed E-state index contributed by atoms with van der Waals surface area (Å²) in [5.74, 6) is 2.50. The van der Waals surface area contributed by atoms with Gasteiger partial charge in [-0.15, -0.1) is 0 Å². The predicted octanol–water partition coefficient (Wildman–Crippen LogP) is 5.46. The summed E-state index contributed by atoms with van der Waals surface area (Å²) in [5.41, 5.74) is 3.58. The van der Waals surface area contributed by atoms with E-state index in [1.54, 1.807) is 11.8 Å². The second kappa shape index (κ2) is 9.58. The number of amides is 1. The number of methoxy groups -OCH3 is 1. The number of thiazole rings is 1. The summed E-state index contributed by atoms with van der Waals surface area (Å²) in [7, 11) is 1.63. The molecule has 3 heterocycles. The molecular formula is C26H28N4O4S. The molecule has 0 fully saturated rings. The minimum atomic E-state index is -0.214. The number of benzene rings is 2. The Hall–Kier alpha value is -3.59. The van der Waals surface area contributed by atoms with E-state index in [0.717, 1.165) is 39.2 Å². The quantitative estimate of drug-likeness (QED) is 0.351. The van der Waals surface area contributed by atoms with Crippen LogP contribution in [0.5, 0.6) is 17.2 Å². The van der Waals surface area contributed by atoms with Gasteiger partial charge in [0.25, 0.3) is 0 Å². The number of fused-ring (bicyclic) bond motifs is 2. The lowest BCUT2D eigenvalue weighted by atomic mass is 9.85. The molecule has 0 spiro atoms. The lowest BCUT2D eigenvalue weighted by molar-refractivity contribution is -0.116. The Labute approximate surface area is 207 Å². The number of carbonyl (C=O) groups is 1. The van der Waals surface area contributed by atoms with Gasteiger partial charge in [0.15, 0.2) is 11.5 Å². The zero-order valence-electron chi connectivity index (χ0n) is 20.3. The SMILES string of the molecule is CCCOc1c(OC)cccc1[C@@H]1CC(=O)Nc2c1c(C)nn2-c1nc2ccc(OCC)cc2s1. The number of rotatable bonds is 8. The van der Waals surface area contributed by atoms with Gasteiger partial charge in [0.05, 0.1) is 36.2 Å². The average Bonchev–Trinajstić information content (AvgIpc) is 3.42. The van der Waals surface area contributed by atoms with E-state index in [1.165, 1.54) is 11.3 Å². The van der Waals surface area contributed by atoms with Gasteiger partial charge in [-0.1, -0.05) is 30.4 Å². The summed E-state index contributed by atoms with van der Waals surface area (Å²) in [6.45, 7) is 7.15. The number of aromatic nitrogens is 3. The first-order valence-corrected chi connectivity index (χ1v) is 12.6. The van der Waals surface area contributed by atoms with Crippen molar-refractivity contribution in [1.29, 1.82) is 0 Å². The van der Waals surface area contributed by atoms with Crippen LogP contribution in [0.2, 0.25) is 0 Å². The number of carbonyl (C=O) groups excluding carboxylic acids is 1. The van der Waals surface area contributed by atoms with Gasteiger partial charge < -0.3 is 19.5 Å². The van der Waals surface area contributed by atoms with E-state index in [4.69, 9.17) is 24.3 Å². The zero-order chi connectivity index (χ0) is 24.5. The Morgan fingerprint density at radius 3 is 2.83 bits per heavy atom. The summed E-state index contributed by atoms with van der Waals surface area (Å²) in [5, 5.41) is 8.54. The van der Waals surface area contributed by atoms with Crippen LogP contribution in [-0.2, 0) is 4.79 Å². The molecule has 1 aliphatic rings. The van der Waals surface area contributed by atoms with E-state index in [2.05, 4.69) is 12.2 Å². The number of ether oxygens (including phenoxy) is 3. The molecule has 0 bridgehead atoms. The number of para-hydroxylation sites is 1. The number of hydrogen-bond donors (Lipinski definition) is 1. The van der Waals surface area contributed by atoms with Gasteiger partial charge in [0, 0.05) is 23.5 Å². The van der Waals surface area contributed by atoms with Crippen molar-refractivity contribution in [2.45, 2.75) is 39.5 Å². The summed E-state index contributed by atoms with van der Waals surface area (Å²) in [6, 6.07) is 11.7. The van der Waals surface area contributed by atoms with Gasteiger partial charge in [-0.2, -0.15) is 9.78 Å². The lowest BCUT2D eigenvalue weighted by Crippen LogP contribution is -2.25. The molecular weight excluding hydrogens is 464 g/mol. The fourth-order valence-corrected chi connectivity index (χ4v) is 5.47. The van der Waals surface area contributed by atoms with Crippen LogP contribution >= 0.6 is 11.3 Å². The highest BCUT2D eigenvalue weighted by molar-refractivity contribution is 7.20. The van der Waals surface area contributed by atoms with Gasteiger partial charge in [-0.3, -0.25) is 4.79 Å². The maximum Gasteiger partial charge on any atom is 0.226 e. The van der Waals surface area contributed by atoms with Crippen molar-refractivity contribution in [2.75, 3.05) is 25.6 Å². The molecule has 2 aromatic carbocycles. The molecule has 4 aromatic rings. The minimum Gasteiger partial charge on any atom is -0.494 e. The zero-order valence-corrected chi connectivity index (χ0v) is 21.1. The number of hydrogen-bond acceptors (Lipinski definition) is 7. The number of nitrogens with one attached hydrogen (secondary N) is 1. The maximum absolute atomic E-state index is 12.9. The van der Waals surface area contributed by atoms with E-state index in [9.17, 15) is 4.79 Å². The van der Waals surface area contributed by atoms with Crippen LogP contribution in [0.25, 0.3) is 15.3 Å². The second-order valence-electron chi connectivity index (χ2n) is 8.35. The van der Waals surface area contributed by atoms with Crippen molar-refractivity contribution in [2.24, 2.45) is 0 Å². The van der Waals surface area contributed by atoms with Crippen molar-refractivity contribution in [3.8, 4) is 22.4 Å². The highest BCUT2D eigenvalue weighted by atomic mass is 32.1. The molecule has 2 aromatic heterocycles. The molecule has 0 aliphatic carbocycles. The van der Waals surface area contributed by atoms with Crippen LogP contribution < -0.4 is 19.5 Å². The first-order valence-electron chi connectivity index (χ1n) is 11.8. The maximum atomic E-state index is 12.9. The van der Waals surface area contributed by atoms with Crippen molar-refractivity contribution < 1.29 is 19.0 Å². The van der Waals surface area contributed by atoms with Gasteiger partial charge in [-0.05, 0) is 44.5 Å². The summed E-state index contributed by atoms with van der Waals surface area (Å²) < 4.78 is 20.1. The van der Waals surface area contributed by atoms with Gasteiger partial charge in [0.1, 0.15) is 11.6 Å². The van der Waals surface area contributed by atoms with E-state index in [1.807, 2.05) is 50.2 Å². The van der Waals surface area contributed by atoms with Gasteiger partial charge >= 0.3 is 0 Å². The molecule has 0 saturated heterocycles. The van der Waals surface area contributed by atoms with Crippen LogP contribution in [0, 0.1) is 6.92 Å². The third-order valence-corrected chi connectivity index (χ3v) is 6.99. The highest BCUT2D eigenvalue weighted by Gasteiger charge is 2.35. The molecule has 182 valence electrons. The van der Waals surface area contributed by atoms with Crippen LogP contribution in [0.15, 0.2) is 36.4 Å². The molecule has 35 heavy (non-hydrogen) atoms. The molecule has 1 N–H and O–H groups in total. The van der Waals surface area contributed by atoms with Crippen LogP contribution in [0.1, 0.15) is 49.4 Å². The Bertz CT molecular complexity index is 1390. The fraction of sp³-hybridized carbons (Fsp3) is 0.346. The third-order valence-electron chi connectivity index (χ3n) is 6.00. The molecule has 1 atom stereocenters. The minimum absolute atomic E-state index is 0.0762. The standard InChI is InChI=1S/C26H28N4O4S/c1-5-12-34-24-17(8-7-9-20(24)32-4)18-14-22(31)28-25-23(18)15(3)29-30(25)26-27-19-11-10-16(33-6-2)13-21(19)35-26/h7-11,13,18H,5-6,12,14H2,1-4H3,(H,28,31)/t18-/m0/s1. The predicted molar refractivity (Wildman–Crippen MR) is 137 cm³/mol. The molecule has 1 aliphatic heterocycles. The monoisotopic (exact) mass is 492 g/mol. The normalized spacial score (nSPS) is 15.1. The number of aryl methyl sites for hydroxylation is 1. The fourth-order valence-electron chi connectivity index (χ4n) is 4.52. The van der Waals surface area contributed by atoms with Crippen LogP contribution in [0.4, 0.5) is 5.82 Å². The number of anilines is 1. The molecule has 5 rings (SSSR count). The second-order valence-corrected chi connectivity index (χ2v) is 9.36. The molecule has 0 radical (unpaired) electrons.